The summed E-state index contributed by atoms with van der Waals surface area (Å²) in [5.41, 5.74) is 1.06. The molecule has 3 heteroatoms. The minimum atomic E-state index is 0.456. The molecule has 0 spiro atoms. The normalized spacial score (nSPS) is 10.6. The predicted molar refractivity (Wildman–Crippen MR) is 37.5 cm³/mol. The fraction of sp³-hybridized carbons (Fsp3) is 0.500. The zero-order valence-corrected chi connectivity index (χ0v) is 5.70. The van der Waals surface area contributed by atoms with E-state index in [1.54, 1.807) is 6.20 Å². The molecule has 1 heterocycles. The van der Waals surface area contributed by atoms with Gasteiger partial charge in [0.05, 0.1) is 0 Å². The molecule has 0 aliphatic carbocycles. The van der Waals surface area contributed by atoms with Gasteiger partial charge >= 0.3 is 0 Å². The van der Waals surface area contributed by atoms with Crippen LogP contribution in [0.2, 0.25) is 0 Å². The Labute approximate surface area is 56.3 Å². The first-order chi connectivity index (χ1) is 4.22. The summed E-state index contributed by atoms with van der Waals surface area (Å²) in [6.45, 7) is 4.17. The van der Waals surface area contributed by atoms with Crippen LogP contribution in [0, 0.1) is 0 Å². The predicted octanol–water partition coefficient (Wildman–Crippen LogP) is 0.938. The quantitative estimate of drug-likeness (QED) is 0.504. The molecule has 0 saturated carbocycles. The second-order valence-electron chi connectivity index (χ2n) is 2.36. The van der Waals surface area contributed by atoms with Crippen molar-refractivity contribution in [2.45, 2.75) is 19.8 Å². The molecule has 46 valence electrons. The van der Waals surface area contributed by atoms with Crippen molar-refractivity contribution in [2.75, 3.05) is 0 Å². The SMILES string of the molecule is [B]n1nccc1C(C)C. The van der Waals surface area contributed by atoms with E-state index in [0.29, 0.717) is 5.92 Å². The molecule has 0 bridgehead atoms. The lowest BCUT2D eigenvalue weighted by Crippen LogP contribution is -2.01. The number of nitrogens with zero attached hydrogens (tertiary/aromatic N) is 2. The van der Waals surface area contributed by atoms with Crippen molar-refractivity contribution < 1.29 is 0 Å². The van der Waals surface area contributed by atoms with E-state index in [2.05, 4.69) is 18.9 Å². The van der Waals surface area contributed by atoms with Gasteiger partial charge in [0.15, 0.2) is 0 Å². The van der Waals surface area contributed by atoms with Crippen molar-refractivity contribution in [1.82, 2.24) is 9.69 Å². The highest BCUT2D eigenvalue weighted by atomic mass is 15.2. The minimum Gasteiger partial charge on any atom is -0.328 e. The van der Waals surface area contributed by atoms with E-state index in [0.717, 1.165) is 5.69 Å². The minimum absolute atomic E-state index is 0.456. The van der Waals surface area contributed by atoms with Crippen molar-refractivity contribution in [3.05, 3.63) is 18.0 Å². The van der Waals surface area contributed by atoms with Crippen LogP contribution in [0.3, 0.4) is 0 Å². The van der Waals surface area contributed by atoms with Gasteiger partial charge in [-0.25, -0.2) is 0 Å². The average Bonchev–Trinajstić information content (AvgIpc) is 2.13. The second-order valence-corrected chi connectivity index (χ2v) is 2.36. The van der Waals surface area contributed by atoms with Crippen LogP contribution in [-0.4, -0.2) is 17.7 Å². The van der Waals surface area contributed by atoms with Gasteiger partial charge in [0.1, 0.15) is 0 Å². The van der Waals surface area contributed by atoms with Gasteiger partial charge in [0, 0.05) is 11.9 Å². The molecule has 0 amide bonds. The van der Waals surface area contributed by atoms with E-state index in [-0.39, 0.29) is 0 Å². The standard InChI is InChI=1S/C6H9BN2/c1-5(2)6-3-4-8-9(6)7/h3-5H,1-2H3. The first-order valence-electron chi connectivity index (χ1n) is 3.01. The number of hydrogen-bond donors (Lipinski definition) is 0. The lowest BCUT2D eigenvalue weighted by molar-refractivity contribution is 0.779. The number of hydrogen-bond acceptors (Lipinski definition) is 1. The molecule has 0 aromatic carbocycles. The Hall–Kier alpha value is -0.725. The summed E-state index contributed by atoms with van der Waals surface area (Å²) in [5, 5.41) is 3.83. The Bertz CT molecular complexity index is 193. The van der Waals surface area contributed by atoms with Gasteiger partial charge in [0.2, 0.25) is 0 Å². The molecular weight excluding hydrogens is 111 g/mol. The highest BCUT2D eigenvalue weighted by Gasteiger charge is 2.00. The summed E-state index contributed by atoms with van der Waals surface area (Å²) in [4.78, 5) is 0. The molecule has 0 aliphatic rings. The monoisotopic (exact) mass is 120 g/mol. The van der Waals surface area contributed by atoms with Crippen LogP contribution in [0.1, 0.15) is 25.5 Å². The Morgan fingerprint density at radius 2 is 2.33 bits per heavy atom. The van der Waals surface area contributed by atoms with Crippen molar-refractivity contribution in [2.24, 2.45) is 0 Å². The molecule has 0 saturated heterocycles. The second kappa shape index (κ2) is 2.25. The van der Waals surface area contributed by atoms with Crippen LogP contribution in [-0.2, 0) is 0 Å². The smallest absolute Gasteiger partial charge is 0.264 e. The van der Waals surface area contributed by atoms with E-state index in [1.807, 2.05) is 6.07 Å². The average molecular weight is 120 g/mol. The molecule has 1 aromatic rings. The molecule has 0 atom stereocenters. The van der Waals surface area contributed by atoms with Crippen LogP contribution in [0.15, 0.2) is 12.3 Å². The lowest BCUT2D eigenvalue weighted by atomic mass is 10.1. The third-order valence-electron chi connectivity index (χ3n) is 1.29. The van der Waals surface area contributed by atoms with E-state index >= 15 is 0 Å². The van der Waals surface area contributed by atoms with Gasteiger partial charge < -0.3 is 4.59 Å². The fourth-order valence-electron chi connectivity index (χ4n) is 0.782. The van der Waals surface area contributed by atoms with E-state index < -0.39 is 0 Å². The molecule has 0 unspecified atom stereocenters. The van der Waals surface area contributed by atoms with Crippen molar-refractivity contribution in [1.29, 1.82) is 0 Å². The zero-order valence-electron chi connectivity index (χ0n) is 5.70. The maximum Gasteiger partial charge on any atom is 0.264 e. The van der Waals surface area contributed by atoms with Crippen LogP contribution < -0.4 is 0 Å². The van der Waals surface area contributed by atoms with Crippen molar-refractivity contribution in [3.63, 3.8) is 0 Å². The summed E-state index contributed by atoms with van der Waals surface area (Å²) in [6.07, 6.45) is 1.70. The summed E-state index contributed by atoms with van der Waals surface area (Å²) < 4.78 is 1.41. The molecule has 2 radical (unpaired) electrons. The molecular formula is C6H9BN2. The Morgan fingerprint density at radius 3 is 2.56 bits per heavy atom. The third-order valence-corrected chi connectivity index (χ3v) is 1.29. The van der Waals surface area contributed by atoms with Gasteiger partial charge in [-0.3, -0.25) is 0 Å². The van der Waals surface area contributed by atoms with Gasteiger partial charge in [-0.15, -0.1) is 0 Å². The maximum absolute atomic E-state index is 5.45. The summed E-state index contributed by atoms with van der Waals surface area (Å²) in [7, 11) is 5.45. The van der Waals surface area contributed by atoms with Gasteiger partial charge in [0.25, 0.3) is 7.98 Å². The molecule has 0 aliphatic heterocycles. The van der Waals surface area contributed by atoms with E-state index in [9.17, 15) is 0 Å². The van der Waals surface area contributed by atoms with Gasteiger partial charge in [-0.2, -0.15) is 5.10 Å². The highest BCUT2D eigenvalue weighted by Crippen LogP contribution is 2.10. The first-order valence-corrected chi connectivity index (χ1v) is 3.01. The summed E-state index contributed by atoms with van der Waals surface area (Å²) in [5.74, 6) is 0.456. The molecule has 0 N–H and O–H groups in total. The Balaban J connectivity index is 2.94. The highest BCUT2D eigenvalue weighted by molar-refractivity contribution is 6.06. The molecule has 2 nitrogen and oxygen atoms in total. The van der Waals surface area contributed by atoms with Gasteiger partial charge in [-0.1, -0.05) is 13.8 Å². The molecule has 1 rings (SSSR count). The first kappa shape index (κ1) is 6.40. The molecule has 1 aromatic heterocycles. The van der Waals surface area contributed by atoms with E-state index in [4.69, 9.17) is 7.98 Å². The molecule has 0 fully saturated rings. The lowest BCUT2D eigenvalue weighted by Gasteiger charge is -2.03. The van der Waals surface area contributed by atoms with Crippen LogP contribution >= 0.6 is 0 Å². The topological polar surface area (TPSA) is 17.8 Å². The third kappa shape index (κ3) is 1.15. The number of rotatable bonds is 1. The number of aromatic nitrogens is 2. The van der Waals surface area contributed by atoms with Crippen molar-refractivity contribution >= 4 is 7.98 Å². The van der Waals surface area contributed by atoms with E-state index in [1.165, 1.54) is 4.59 Å². The van der Waals surface area contributed by atoms with Crippen LogP contribution in [0.4, 0.5) is 0 Å². The largest absolute Gasteiger partial charge is 0.328 e. The summed E-state index contributed by atoms with van der Waals surface area (Å²) >= 11 is 0. The fourth-order valence-corrected chi connectivity index (χ4v) is 0.782. The molecule has 9 heavy (non-hydrogen) atoms. The Kier molecular flexibility index (Phi) is 1.60. The van der Waals surface area contributed by atoms with Crippen LogP contribution in [0.25, 0.3) is 0 Å². The maximum atomic E-state index is 5.45. The van der Waals surface area contributed by atoms with Crippen molar-refractivity contribution in [3.8, 4) is 0 Å². The summed E-state index contributed by atoms with van der Waals surface area (Å²) in [6, 6.07) is 1.92. The Morgan fingerprint density at radius 1 is 1.67 bits per heavy atom. The van der Waals surface area contributed by atoms with Gasteiger partial charge in [-0.05, 0) is 12.0 Å². The van der Waals surface area contributed by atoms with Crippen LogP contribution in [0.5, 0.6) is 0 Å². The zero-order chi connectivity index (χ0) is 6.85.